The topological polar surface area (TPSA) is 66.5 Å². The van der Waals surface area contributed by atoms with E-state index >= 15 is 0 Å². The average Bonchev–Trinajstić information content (AvgIpc) is 2.68. The van der Waals surface area contributed by atoms with Crippen LogP contribution in [0, 0.1) is 0 Å². The molecule has 86 valence electrons. The largest absolute Gasteiger partial charge is 0.355 e. The Balaban J connectivity index is 2.27. The van der Waals surface area contributed by atoms with Gasteiger partial charge in [0.15, 0.2) is 0 Å². The quantitative estimate of drug-likeness (QED) is 0.751. The average molecular weight is 230 g/mol. The molecule has 0 atom stereocenters. The highest BCUT2D eigenvalue weighted by Crippen LogP contribution is 2.19. The summed E-state index contributed by atoms with van der Waals surface area (Å²) in [7, 11) is 1.54. The van der Waals surface area contributed by atoms with Gasteiger partial charge in [-0.1, -0.05) is 0 Å². The van der Waals surface area contributed by atoms with Gasteiger partial charge in [0.25, 0.3) is 17.7 Å². The molecular formula is C12H10N2O3. The second kappa shape index (κ2) is 4.21. The number of anilines is 1. The molecule has 0 saturated carbocycles. The number of imide groups is 1. The maximum absolute atomic E-state index is 11.4. The van der Waals surface area contributed by atoms with Crippen molar-refractivity contribution in [2.45, 2.75) is 0 Å². The lowest BCUT2D eigenvalue weighted by atomic mass is 10.2. The highest BCUT2D eigenvalue weighted by molar-refractivity contribution is 6.28. The van der Waals surface area contributed by atoms with Crippen molar-refractivity contribution in [2.24, 2.45) is 0 Å². The van der Waals surface area contributed by atoms with E-state index in [1.54, 1.807) is 24.3 Å². The monoisotopic (exact) mass is 230 g/mol. The van der Waals surface area contributed by atoms with E-state index < -0.39 is 0 Å². The van der Waals surface area contributed by atoms with Crippen LogP contribution in [-0.2, 0) is 9.59 Å². The summed E-state index contributed by atoms with van der Waals surface area (Å²) in [6, 6.07) is 6.25. The Morgan fingerprint density at radius 2 is 1.59 bits per heavy atom. The molecule has 0 saturated heterocycles. The molecule has 0 fully saturated rings. The fourth-order valence-electron chi connectivity index (χ4n) is 1.56. The number of hydrogen-bond donors (Lipinski definition) is 1. The number of benzene rings is 1. The van der Waals surface area contributed by atoms with Crippen molar-refractivity contribution in [1.82, 2.24) is 5.32 Å². The van der Waals surface area contributed by atoms with E-state index in [2.05, 4.69) is 5.32 Å². The van der Waals surface area contributed by atoms with Crippen LogP contribution in [0.2, 0.25) is 0 Å². The molecule has 0 bridgehead atoms. The molecule has 0 spiro atoms. The van der Waals surface area contributed by atoms with Gasteiger partial charge in [-0.05, 0) is 24.3 Å². The third-order valence-corrected chi connectivity index (χ3v) is 2.42. The molecule has 1 heterocycles. The van der Waals surface area contributed by atoms with E-state index in [-0.39, 0.29) is 17.7 Å². The second-order valence-electron chi connectivity index (χ2n) is 3.47. The minimum absolute atomic E-state index is 0.214. The van der Waals surface area contributed by atoms with Crippen molar-refractivity contribution in [1.29, 1.82) is 0 Å². The second-order valence-corrected chi connectivity index (χ2v) is 3.47. The van der Waals surface area contributed by atoms with Gasteiger partial charge < -0.3 is 5.32 Å². The summed E-state index contributed by atoms with van der Waals surface area (Å²) in [5, 5.41) is 2.49. The summed E-state index contributed by atoms with van der Waals surface area (Å²) in [6.07, 6.45) is 2.43. The van der Waals surface area contributed by atoms with Gasteiger partial charge >= 0.3 is 0 Å². The van der Waals surface area contributed by atoms with Crippen LogP contribution in [0.25, 0.3) is 0 Å². The van der Waals surface area contributed by atoms with Gasteiger partial charge in [-0.2, -0.15) is 0 Å². The molecule has 1 aromatic rings. The van der Waals surface area contributed by atoms with Gasteiger partial charge in [-0.25, -0.2) is 4.90 Å². The van der Waals surface area contributed by atoms with E-state index in [9.17, 15) is 14.4 Å². The fourth-order valence-corrected chi connectivity index (χ4v) is 1.56. The molecule has 1 aliphatic rings. The van der Waals surface area contributed by atoms with E-state index in [1.807, 2.05) is 0 Å². The first-order chi connectivity index (χ1) is 8.13. The van der Waals surface area contributed by atoms with Crippen LogP contribution < -0.4 is 10.2 Å². The Morgan fingerprint density at radius 1 is 1.06 bits per heavy atom. The zero-order chi connectivity index (χ0) is 12.4. The third-order valence-electron chi connectivity index (χ3n) is 2.42. The van der Waals surface area contributed by atoms with Crippen LogP contribution in [0.3, 0.4) is 0 Å². The normalized spacial score (nSPS) is 14.3. The van der Waals surface area contributed by atoms with Crippen LogP contribution in [0.4, 0.5) is 5.69 Å². The number of nitrogens with zero attached hydrogens (tertiary/aromatic N) is 1. The Labute approximate surface area is 97.7 Å². The first-order valence-corrected chi connectivity index (χ1v) is 5.02. The minimum atomic E-state index is -0.373. The van der Waals surface area contributed by atoms with Crippen LogP contribution >= 0.6 is 0 Å². The lowest BCUT2D eigenvalue weighted by Crippen LogP contribution is -2.29. The molecule has 0 unspecified atom stereocenters. The van der Waals surface area contributed by atoms with E-state index in [1.165, 1.54) is 19.2 Å². The number of carbonyl (C=O) groups excluding carboxylic acids is 3. The molecule has 17 heavy (non-hydrogen) atoms. The SMILES string of the molecule is CNC(=O)c1ccc(N2C(=O)C=CC2=O)cc1. The van der Waals surface area contributed by atoms with Crippen LogP contribution in [-0.4, -0.2) is 24.8 Å². The molecule has 5 nitrogen and oxygen atoms in total. The molecule has 2 rings (SSSR count). The van der Waals surface area contributed by atoms with Gasteiger partial charge in [0.2, 0.25) is 0 Å². The Morgan fingerprint density at radius 3 is 2.06 bits per heavy atom. The molecule has 5 heteroatoms. The van der Waals surface area contributed by atoms with Crippen LogP contribution in [0.1, 0.15) is 10.4 Å². The summed E-state index contributed by atoms with van der Waals surface area (Å²) >= 11 is 0. The molecule has 0 aromatic heterocycles. The number of nitrogens with one attached hydrogen (secondary N) is 1. The van der Waals surface area contributed by atoms with Crippen molar-refractivity contribution in [2.75, 3.05) is 11.9 Å². The summed E-state index contributed by atoms with van der Waals surface area (Å²) < 4.78 is 0. The van der Waals surface area contributed by atoms with E-state index in [0.717, 1.165) is 4.90 Å². The fraction of sp³-hybridized carbons (Fsp3) is 0.0833. The number of hydrogen-bond acceptors (Lipinski definition) is 3. The smallest absolute Gasteiger partial charge is 0.258 e. The maximum atomic E-state index is 11.4. The predicted molar refractivity (Wildman–Crippen MR) is 61.5 cm³/mol. The lowest BCUT2D eigenvalue weighted by Gasteiger charge is -2.13. The summed E-state index contributed by atoms with van der Waals surface area (Å²) in [5.74, 6) is -0.959. The molecule has 1 aliphatic heterocycles. The van der Waals surface area contributed by atoms with Crippen molar-refractivity contribution in [3.05, 3.63) is 42.0 Å². The number of carbonyl (C=O) groups is 3. The molecule has 1 N–H and O–H groups in total. The van der Waals surface area contributed by atoms with E-state index in [4.69, 9.17) is 0 Å². The van der Waals surface area contributed by atoms with Gasteiger partial charge in [-0.15, -0.1) is 0 Å². The first kappa shape index (κ1) is 11.1. The third kappa shape index (κ3) is 1.94. The van der Waals surface area contributed by atoms with E-state index in [0.29, 0.717) is 11.3 Å². The van der Waals surface area contributed by atoms with Crippen LogP contribution in [0.15, 0.2) is 36.4 Å². The van der Waals surface area contributed by atoms with Crippen LogP contribution in [0.5, 0.6) is 0 Å². The van der Waals surface area contributed by atoms with Gasteiger partial charge in [0.05, 0.1) is 5.69 Å². The highest BCUT2D eigenvalue weighted by atomic mass is 16.2. The molecule has 0 aliphatic carbocycles. The molecule has 3 amide bonds. The highest BCUT2D eigenvalue weighted by Gasteiger charge is 2.24. The van der Waals surface area contributed by atoms with Crippen molar-refractivity contribution in [3.8, 4) is 0 Å². The summed E-state index contributed by atoms with van der Waals surface area (Å²) in [5.41, 5.74) is 0.931. The molecular weight excluding hydrogens is 220 g/mol. The molecule has 1 aromatic carbocycles. The minimum Gasteiger partial charge on any atom is -0.355 e. The van der Waals surface area contributed by atoms with Crippen molar-refractivity contribution < 1.29 is 14.4 Å². The maximum Gasteiger partial charge on any atom is 0.258 e. The predicted octanol–water partition coefficient (Wildman–Crippen LogP) is 0.476. The standard InChI is InChI=1S/C12H10N2O3/c1-13-12(17)8-2-4-9(5-3-8)14-10(15)6-7-11(14)16/h2-7H,1H3,(H,13,17). The Kier molecular flexibility index (Phi) is 2.74. The van der Waals surface area contributed by atoms with Gasteiger partial charge in [0.1, 0.15) is 0 Å². The Bertz CT molecular complexity index is 499. The Hall–Kier alpha value is -2.43. The zero-order valence-corrected chi connectivity index (χ0v) is 9.14. The summed E-state index contributed by atoms with van der Waals surface area (Å²) in [6.45, 7) is 0. The lowest BCUT2D eigenvalue weighted by molar-refractivity contribution is -0.119. The first-order valence-electron chi connectivity index (χ1n) is 5.02. The molecule has 0 radical (unpaired) electrons. The van der Waals surface area contributed by atoms with Crippen molar-refractivity contribution in [3.63, 3.8) is 0 Å². The van der Waals surface area contributed by atoms with Gasteiger partial charge in [0, 0.05) is 24.8 Å². The zero-order valence-electron chi connectivity index (χ0n) is 9.14. The number of rotatable bonds is 2. The van der Waals surface area contributed by atoms with Crippen molar-refractivity contribution >= 4 is 23.4 Å². The summed E-state index contributed by atoms with van der Waals surface area (Å²) in [4.78, 5) is 35.2. The van der Waals surface area contributed by atoms with Gasteiger partial charge in [-0.3, -0.25) is 14.4 Å². The number of amides is 3.